The molecule has 1 N–H and O–H groups in total. The number of amides is 1. The van der Waals surface area contributed by atoms with Crippen LogP contribution in [0.15, 0.2) is 30.3 Å². The summed E-state index contributed by atoms with van der Waals surface area (Å²) in [5, 5.41) is 11.6. The van der Waals surface area contributed by atoms with E-state index in [4.69, 9.17) is 10.00 Å². The van der Waals surface area contributed by atoms with Crippen LogP contribution in [0.5, 0.6) is 0 Å². The predicted octanol–water partition coefficient (Wildman–Crippen LogP) is 2.56. The summed E-state index contributed by atoms with van der Waals surface area (Å²) < 4.78 is 5.06. The van der Waals surface area contributed by atoms with Crippen molar-refractivity contribution < 1.29 is 9.53 Å². The molecule has 0 saturated heterocycles. The lowest BCUT2D eigenvalue weighted by atomic mass is 10.1. The number of hydrogen-bond donors (Lipinski definition) is 1. The Kier molecular flexibility index (Phi) is 5.53. The Morgan fingerprint density at radius 3 is 2.72 bits per heavy atom. The number of thioether (sulfide) groups is 1. The zero-order valence-corrected chi connectivity index (χ0v) is 11.3. The third kappa shape index (κ3) is 4.68. The van der Waals surface area contributed by atoms with Crippen molar-refractivity contribution in [2.24, 2.45) is 0 Å². The summed E-state index contributed by atoms with van der Waals surface area (Å²) in [6.07, 6.45) is 1.31. The van der Waals surface area contributed by atoms with E-state index in [0.717, 1.165) is 5.56 Å². The summed E-state index contributed by atoms with van der Waals surface area (Å²) >= 11 is 1.50. The van der Waals surface area contributed by atoms with Gasteiger partial charge in [-0.25, -0.2) is 4.79 Å². The standard InChI is InChI=1S/C13H16N2O2S/c1-13(9-14,10-18-2)15-12(16)17-8-11-6-4-3-5-7-11/h3-7H,8,10H2,1-2H3,(H,15,16). The molecule has 4 nitrogen and oxygen atoms in total. The van der Waals surface area contributed by atoms with Crippen LogP contribution in [0.3, 0.4) is 0 Å². The first-order valence-corrected chi connectivity index (χ1v) is 6.88. The molecule has 18 heavy (non-hydrogen) atoms. The van der Waals surface area contributed by atoms with E-state index in [2.05, 4.69) is 11.4 Å². The Hall–Kier alpha value is -1.67. The topological polar surface area (TPSA) is 62.1 Å². The van der Waals surface area contributed by atoms with Gasteiger partial charge >= 0.3 is 6.09 Å². The molecule has 0 bridgehead atoms. The monoisotopic (exact) mass is 264 g/mol. The van der Waals surface area contributed by atoms with Gasteiger partial charge in [0.1, 0.15) is 12.1 Å². The molecule has 1 atom stereocenters. The van der Waals surface area contributed by atoms with E-state index in [9.17, 15) is 4.79 Å². The Bertz CT molecular complexity index is 430. The van der Waals surface area contributed by atoms with Crippen molar-refractivity contribution in [1.82, 2.24) is 5.32 Å². The largest absolute Gasteiger partial charge is 0.445 e. The molecule has 1 aromatic rings. The van der Waals surface area contributed by atoms with Crippen LogP contribution in [-0.4, -0.2) is 23.6 Å². The first-order chi connectivity index (χ1) is 8.59. The average molecular weight is 264 g/mol. The molecule has 96 valence electrons. The molecule has 0 aliphatic heterocycles. The fraction of sp³-hybridized carbons (Fsp3) is 0.385. The Morgan fingerprint density at radius 2 is 2.17 bits per heavy atom. The normalized spacial score (nSPS) is 13.2. The van der Waals surface area contributed by atoms with Gasteiger partial charge in [0.15, 0.2) is 0 Å². The summed E-state index contributed by atoms with van der Waals surface area (Å²) in [7, 11) is 0. The van der Waals surface area contributed by atoms with Gasteiger partial charge in [-0.3, -0.25) is 0 Å². The second kappa shape index (κ2) is 6.92. The molecule has 0 aromatic heterocycles. The number of nitrogens with one attached hydrogen (secondary N) is 1. The van der Waals surface area contributed by atoms with E-state index in [1.165, 1.54) is 11.8 Å². The van der Waals surface area contributed by atoms with Crippen LogP contribution >= 0.6 is 11.8 Å². The van der Waals surface area contributed by atoms with Crippen LogP contribution in [0.2, 0.25) is 0 Å². The molecular weight excluding hydrogens is 248 g/mol. The molecule has 0 aliphatic rings. The van der Waals surface area contributed by atoms with Crippen molar-refractivity contribution in [3.05, 3.63) is 35.9 Å². The minimum absolute atomic E-state index is 0.202. The summed E-state index contributed by atoms with van der Waals surface area (Å²) in [6, 6.07) is 11.5. The first kappa shape index (κ1) is 14.4. The summed E-state index contributed by atoms with van der Waals surface area (Å²) in [4.78, 5) is 11.6. The molecule has 1 rings (SSSR count). The van der Waals surface area contributed by atoms with Gasteiger partial charge in [-0.2, -0.15) is 17.0 Å². The Morgan fingerprint density at radius 1 is 1.50 bits per heavy atom. The van der Waals surface area contributed by atoms with Gasteiger partial charge in [-0.15, -0.1) is 0 Å². The van der Waals surface area contributed by atoms with Gasteiger partial charge in [0.2, 0.25) is 0 Å². The number of nitriles is 1. The second-order valence-corrected chi connectivity index (χ2v) is 4.93. The molecule has 0 fully saturated rings. The van der Waals surface area contributed by atoms with Gasteiger partial charge < -0.3 is 10.1 Å². The van der Waals surface area contributed by atoms with Crippen molar-refractivity contribution in [2.45, 2.75) is 19.1 Å². The van der Waals surface area contributed by atoms with E-state index in [-0.39, 0.29) is 6.61 Å². The minimum atomic E-state index is -0.896. The summed E-state index contributed by atoms with van der Waals surface area (Å²) in [5.74, 6) is 0.518. The first-order valence-electron chi connectivity index (χ1n) is 5.49. The van der Waals surface area contributed by atoms with Crippen LogP contribution in [0.4, 0.5) is 4.79 Å². The number of carbonyl (C=O) groups is 1. The molecule has 0 heterocycles. The third-order valence-electron chi connectivity index (χ3n) is 2.27. The molecule has 1 amide bonds. The van der Waals surface area contributed by atoms with E-state index < -0.39 is 11.6 Å². The van der Waals surface area contributed by atoms with Crippen molar-refractivity contribution >= 4 is 17.9 Å². The molecule has 1 unspecified atom stereocenters. The highest BCUT2D eigenvalue weighted by atomic mass is 32.2. The Balaban J connectivity index is 2.45. The minimum Gasteiger partial charge on any atom is -0.445 e. The lowest BCUT2D eigenvalue weighted by Gasteiger charge is -2.21. The highest BCUT2D eigenvalue weighted by molar-refractivity contribution is 7.98. The highest BCUT2D eigenvalue weighted by Gasteiger charge is 2.26. The van der Waals surface area contributed by atoms with Crippen LogP contribution in [-0.2, 0) is 11.3 Å². The summed E-state index contributed by atoms with van der Waals surface area (Å²) in [6.45, 7) is 1.88. The number of hydrogen-bond acceptors (Lipinski definition) is 4. The number of alkyl carbamates (subject to hydrolysis) is 1. The lowest BCUT2D eigenvalue weighted by Crippen LogP contribution is -2.47. The van der Waals surface area contributed by atoms with E-state index in [1.54, 1.807) is 6.92 Å². The maximum atomic E-state index is 11.6. The van der Waals surface area contributed by atoms with E-state index >= 15 is 0 Å². The van der Waals surface area contributed by atoms with E-state index in [1.807, 2.05) is 36.6 Å². The third-order valence-corrected chi connectivity index (χ3v) is 3.14. The number of ether oxygens (including phenoxy) is 1. The molecule has 0 aliphatic carbocycles. The van der Waals surface area contributed by atoms with Crippen LogP contribution in [0.25, 0.3) is 0 Å². The smallest absolute Gasteiger partial charge is 0.408 e. The van der Waals surface area contributed by atoms with Crippen molar-refractivity contribution in [1.29, 1.82) is 5.26 Å². The SMILES string of the molecule is CSCC(C)(C#N)NC(=O)OCc1ccccc1. The fourth-order valence-electron chi connectivity index (χ4n) is 1.37. The number of nitrogens with zero attached hydrogens (tertiary/aromatic N) is 1. The van der Waals surface area contributed by atoms with Gasteiger partial charge in [-0.1, -0.05) is 30.3 Å². The molecule has 0 saturated carbocycles. The molecule has 0 radical (unpaired) electrons. The zero-order chi connectivity index (χ0) is 13.4. The predicted molar refractivity (Wildman–Crippen MR) is 72.2 cm³/mol. The molecule has 5 heteroatoms. The van der Waals surface area contributed by atoms with Gasteiger partial charge in [0.25, 0.3) is 0 Å². The van der Waals surface area contributed by atoms with Gasteiger partial charge in [0, 0.05) is 5.75 Å². The quantitative estimate of drug-likeness (QED) is 0.887. The Labute approximate surface area is 111 Å². The lowest BCUT2D eigenvalue weighted by molar-refractivity contribution is 0.134. The summed E-state index contributed by atoms with van der Waals surface area (Å²) in [5.41, 5.74) is 0.0175. The highest BCUT2D eigenvalue weighted by Crippen LogP contribution is 2.10. The van der Waals surface area contributed by atoms with Crippen molar-refractivity contribution in [3.8, 4) is 6.07 Å². The van der Waals surface area contributed by atoms with Gasteiger partial charge in [-0.05, 0) is 18.7 Å². The molecule has 0 spiro atoms. The molecule has 1 aromatic carbocycles. The van der Waals surface area contributed by atoms with E-state index in [0.29, 0.717) is 5.75 Å². The number of carbonyl (C=O) groups excluding carboxylic acids is 1. The number of benzene rings is 1. The second-order valence-electron chi connectivity index (χ2n) is 4.06. The van der Waals surface area contributed by atoms with Gasteiger partial charge in [0.05, 0.1) is 6.07 Å². The maximum absolute atomic E-state index is 11.6. The van der Waals surface area contributed by atoms with Crippen LogP contribution < -0.4 is 5.32 Å². The van der Waals surface area contributed by atoms with Crippen LogP contribution in [0.1, 0.15) is 12.5 Å². The zero-order valence-electron chi connectivity index (χ0n) is 10.5. The van der Waals surface area contributed by atoms with Crippen LogP contribution in [0, 0.1) is 11.3 Å². The fourth-order valence-corrected chi connectivity index (χ4v) is 2.08. The maximum Gasteiger partial charge on any atom is 0.408 e. The van der Waals surface area contributed by atoms with Crippen molar-refractivity contribution in [3.63, 3.8) is 0 Å². The molecular formula is C13H16N2O2S. The van der Waals surface area contributed by atoms with Crippen molar-refractivity contribution in [2.75, 3.05) is 12.0 Å². The number of rotatable bonds is 5. The average Bonchev–Trinajstić information content (AvgIpc) is 2.38.